The SMILES string of the molecule is OC(O)O[SiH2]c1ccc(-c2cc(C(F)(F)F)cc(C(F)(F)F)c2)cc1. The molecule has 0 aromatic heterocycles. The van der Waals surface area contributed by atoms with Crippen LogP contribution in [-0.4, -0.2) is 26.5 Å². The lowest BCUT2D eigenvalue weighted by atomic mass is 9.99. The minimum Gasteiger partial charge on any atom is -0.373 e. The van der Waals surface area contributed by atoms with Crippen LogP contribution < -0.4 is 5.19 Å². The maximum Gasteiger partial charge on any atom is 0.416 e. The van der Waals surface area contributed by atoms with Crippen LogP contribution in [0.5, 0.6) is 0 Å². The monoisotopic (exact) mass is 382 g/mol. The topological polar surface area (TPSA) is 49.7 Å². The van der Waals surface area contributed by atoms with Gasteiger partial charge in [0, 0.05) is 0 Å². The van der Waals surface area contributed by atoms with Gasteiger partial charge in [0.25, 0.3) is 6.48 Å². The Balaban J connectivity index is 2.40. The van der Waals surface area contributed by atoms with Gasteiger partial charge >= 0.3 is 12.4 Å². The van der Waals surface area contributed by atoms with Crippen LogP contribution in [0.15, 0.2) is 42.5 Å². The number of benzene rings is 2. The van der Waals surface area contributed by atoms with E-state index in [1.807, 2.05) is 0 Å². The summed E-state index contributed by atoms with van der Waals surface area (Å²) in [5, 5.41) is 17.8. The minimum absolute atomic E-state index is 0.0707. The van der Waals surface area contributed by atoms with Crippen molar-refractivity contribution in [2.24, 2.45) is 0 Å². The quantitative estimate of drug-likeness (QED) is 0.485. The molecule has 25 heavy (non-hydrogen) atoms. The second kappa shape index (κ2) is 7.16. The maximum atomic E-state index is 12.9. The van der Waals surface area contributed by atoms with Crippen LogP contribution in [-0.2, 0) is 16.8 Å². The molecule has 0 aliphatic heterocycles. The van der Waals surface area contributed by atoms with Gasteiger partial charge in [0.05, 0.1) is 11.1 Å². The van der Waals surface area contributed by atoms with Gasteiger partial charge in [-0.2, -0.15) is 26.3 Å². The molecule has 0 heterocycles. The van der Waals surface area contributed by atoms with Crippen LogP contribution in [0.2, 0.25) is 0 Å². The number of aliphatic hydroxyl groups is 2. The molecule has 0 radical (unpaired) electrons. The molecule has 2 N–H and O–H groups in total. The summed E-state index contributed by atoms with van der Waals surface area (Å²) in [6.45, 7) is -1.93. The van der Waals surface area contributed by atoms with Crippen molar-refractivity contribution in [2.45, 2.75) is 18.8 Å². The van der Waals surface area contributed by atoms with Gasteiger partial charge in [0.2, 0.25) is 0 Å². The number of alkyl halides is 6. The number of halogens is 6. The summed E-state index contributed by atoms with van der Waals surface area (Å²) in [7, 11) is -1.48. The van der Waals surface area contributed by atoms with Gasteiger partial charge in [-0.25, -0.2) is 0 Å². The first kappa shape index (κ1) is 19.4. The van der Waals surface area contributed by atoms with Gasteiger partial charge in [-0.15, -0.1) is 0 Å². The fourth-order valence-corrected chi connectivity index (χ4v) is 2.86. The zero-order valence-electron chi connectivity index (χ0n) is 12.4. The Morgan fingerprint density at radius 1 is 0.760 bits per heavy atom. The predicted octanol–water partition coefficient (Wildman–Crippen LogP) is 2.39. The molecule has 0 aliphatic carbocycles. The van der Waals surface area contributed by atoms with Gasteiger partial charge in [-0.3, -0.25) is 0 Å². The van der Waals surface area contributed by atoms with Gasteiger partial charge < -0.3 is 14.6 Å². The van der Waals surface area contributed by atoms with Crippen molar-refractivity contribution in [3.8, 4) is 11.1 Å². The fraction of sp³-hybridized carbons (Fsp3) is 0.200. The Kier molecular flexibility index (Phi) is 5.57. The van der Waals surface area contributed by atoms with E-state index in [4.69, 9.17) is 10.2 Å². The molecular formula is C15H12F6O3Si. The largest absolute Gasteiger partial charge is 0.416 e. The van der Waals surface area contributed by atoms with Crippen molar-refractivity contribution < 1.29 is 41.0 Å². The molecule has 3 nitrogen and oxygen atoms in total. The van der Waals surface area contributed by atoms with E-state index in [0.717, 1.165) is 0 Å². The van der Waals surface area contributed by atoms with E-state index in [-0.39, 0.29) is 17.2 Å². The molecule has 0 bridgehead atoms. The third-order valence-corrected chi connectivity index (χ3v) is 4.54. The Bertz CT molecular complexity index is 693. The Hall–Kier alpha value is -1.88. The van der Waals surface area contributed by atoms with Crippen molar-refractivity contribution in [3.63, 3.8) is 0 Å². The highest BCUT2D eigenvalue weighted by atomic mass is 28.2. The molecule has 0 unspecified atom stereocenters. The zero-order chi connectivity index (χ0) is 18.8. The van der Waals surface area contributed by atoms with Gasteiger partial charge in [-0.1, -0.05) is 24.3 Å². The normalized spacial score (nSPS) is 13.2. The minimum atomic E-state index is -4.91. The summed E-state index contributed by atoms with van der Waals surface area (Å²) in [6.07, 6.45) is -9.82. The highest BCUT2D eigenvalue weighted by Gasteiger charge is 2.36. The molecule has 0 saturated heterocycles. The summed E-state index contributed by atoms with van der Waals surface area (Å²) >= 11 is 0. The summed E-state index contributed by atoms with van der Waals surface area (Å²) in [4.78, 5) is 0. The lowest BCUT2D eigenvalue weighted by Gasteiger charge is -2.14. The summed E-state index contributed by atoms with van der Waals surface area (Å²) in [5.41, 5.74) is -2.83. The molecule has 0 saturated carbocycles. The number of hydrogen-bond donors (Lipinski definition) is 2. The molecule has 0 atom stereocenters. The second-order valence-electron chi connectivity index (χ2n) is 5.13. The third kappa shape index (κ3) is 5.29. The van der Waals surface area contributed by atoms with Gasteiger partial charge in [-0.05, 0) is 34.5 Å². The van der Waals surface area contributed by atoms with E-state index in [1.54, 1.807) is 0 Å². The molecule has 0 aliphatic rings. The van der Waals surface area contributed by atoms with E-state index in [2.05, 4.69) is 4.43 Å². The predicted molar refractivity (Wildman–Crippen MR) is 79.4 cm³/mol. The average molecular weight is 382 g/mol. The summed E-state index contributed by atoms with van der Waals surface area (Å²) in [5.74, 6) is 0. The molecule has 2 aromatic carbocycles. The van der Waals surface area contributed by atoms with Crippen molar-refractivity contribution in [1.82, 2.24) is 0 Å². The van der Waals surface area contributed by atoms with Crippen LogP contribution in [0, 0.1) is 0 Å². The first-order valence-electron chi connectivity index (χ1n) is 6.83. The van der Waals surface area contributed by atoms with Crippen LogP contribution in [0.4, 0.5) is 26.3 Å². The molecular weight excluding hydrogens is 370 g/mol. The van der Waals surface area contributed by atoms with E-state index in [9.17, 15) is 26.3 Å². The van der Waals surface area contributed by atoms with E-state index >= 15 is 0 Å². The number of aliphatic hydroxyl groups excluding tert-OH is 1. The molecule has 2 aromatic rings. The fourth-order valence-electron chi connectivity index (χ4n) is 2.09. The molecule has 0 amide bonds. The lowest BCUT2D eigenvalue weighted by molar-refractivity contribution is -0.179. The Labute approximate surface area is 140 Å². The molecule has 136 valence electrons. The van der Waals surface area contributed by atoms with Crippen molar-refractivity contribution in [2.75, 3.05) is 0 Å². The number of rotatable bonds is 4. The molecule has 2 rings (SSSR count). The first-order chi connectivity index (χ1) is 11.5. The maximum absolute atomic E-state index is 12.9. The first-order valence-corrected chi connectivity index (χ1v) is 8.12. The standard InChI is InChI=1S/C15H12F6O3Si/c16-14(17,18)10-5-9(6-11(7-10)15(19,20)21)8-1-3-12(4-2-8)25-24-13(22)23/h1-7,13,22-23H,25H2. The Morgan fingerprint density at radius 3 is 1.64 bits per heavy atom. The average Bonchev–Trinajstić information content (AvgIpc) is 2.51. The molecule has 0 fully saturated rings. The van der Waals surface area contributed by atoms with Crippen LogP contribution >= 0.6 is 0 Å². The number of hydrogen-bond acceptors (Lipinski definition) is 3. The van der Waals surface area contributed by atoms with Gasteiger partial charge in [0.1, 0.15) is 0 Å². The van der Waals surface area contributed by atoms with Crippen LogP contribution in [0.3, 0.4) is 0 Å². The van der Waals surface area contributed by atoms with E-state index in [1.165, 1.54) is 24.3 Å². The highest BCUT2D eigenvalue weighted by Crippen LogP contribution is 2.38. The van der Waals surface area contributed by atoms with Crippen LogP contribution in [0.25, 0.3) is 11.1 Å². The zero-order valence-corrected chi connectivity index (χ0v) is 13.8. The summed E-state index contributed by atoms with van der Waals surface area (Å²) < 4.78 is 81.9. The summed E-state index contributed by atoms with van der Waals surface area (Å²) in [6, 6.07) is 6.98. The van der Waals surface area contributed by atoms with Crippen molar-refractivity contribution in [3.05, 3.63) is 53.6 Å². The van der Waals surface area contributed by atoms with E-state index < -0.39 is 39.7 Å². The Morgan fingerprint density at radius 2 is 1.24 bits per heavy atom. The van der Waals surface area contributed by atoms with Gasteiger partial charge in [0.15, 0.2) is 9.76 Å². The smallest absolute Gasteiger partial charge is 0.373 e. The lowest BCUT2D eigenvalue weighted by Crippen LogP contribution is -2.23. The van der Waals surface area contributed by atoms with E-state index in [0.29, 0.717) is 17.3 Å². The molecule has 10 heteroatoms. The molecule has 0 spiro atoms. The highest BCUT2D eigenvalue weighted by molar-refractivity contribution is 6.46. The second-order valence-corrected chi connectivity index (χ2v) is 6.57. The van der Waals surface area contributed by atoms with Crippen molar-refractivity contribution >= 4 is 14.9 Å². The van der Waals surface area contributed by atoms with Crippen molar-refractivity contribution in [1.29, 1.82) is 0 Å². The third-order valence-electron chi connectivity index (χ3n) is 3.27. The van der Waals surface area contributed by atoms with Crippen LogP contribution in [0.1, 0.15) is 11.1 Å².